The maximum absolute atomic E-state index is 10.8. The molecular weight excluding hydrogens is 188 g/mol. The molecule has 1 aliphatic heterocycles. The molecule has 0 atom stereocenters. The largest absolute Gasteiger partial charge is 0.329 e. The van der Waals surface area contributed by atoms with Gasteiger partial charge in [0.15, 0.2) is 0 Å². The second kappa shape index (κ2) is 5.45. The highest BCUT2D eigenvalue weighted by atomic mass is 35.5. The zero-order chi connectivity index (χ0) is 9.68. The molecule has 0 aromatic heterocycles. The number of hydrogen-bond donors (Lipinski definition) is 1. The average Bonchev–Trinajstić information content (AvgIpc) is 2.15. The lowest BCUT2D eigenvalue weighted by Gasteiger charge is -2.30. The standard InChI is InChI=1S/C9H17ClN2O/c1-2-11-7-8-3-5-12(6-4-8)9(10)13/h8,11H,2-7H2,1H3. The molecule has 1 N–H and O–H groups in total. The van der Waals surface area contributed by atoms with Gasteiger partial charge in [0, 0.05) is 13.1 Å². The van der Waals surface area contributed by atoms with E-state index in [1.165, 1.54) is 0 Å². The molecule has 1 rings (SSSR count). The molecule has 1 aliphatic rings. The van der Waals surface area contributed by atoms with E-state index in [-0.39, 0.29) is 5.37 Å². The van der Waals surface area contributed by atoms with Crippen LogP contribution in [0.2, 0.25) is 0 Å². The fourth-order valence-corrected chi connectivity index (χ4v) is 1.83. The van der Waals surface area contributed by atoms with E-state index in [1.807, 2.05) is 0 Å². The topological polar surface area (TPSA) is 32.3 Å². The Bertz CT molecular complexity index is 167. The van der Waals surface area contributed by atoms with Crippen molar-refractivity contribution in [2.75, 3.05) is 26.2 Å². The van der Waals surface area contributed by atoms with Crippen LogP contribution in [0.25, 0.3) is 0 Å². The lowest BCUT2D eigenvalue weighted by molar-refractivity contribution is 0.190. The second-order valence-electron chi connectivity index (χ2n) is 3.49. The zero-order valence-electron chi connectivity index (χ0n) is 8.05. The number of piperidine rings is 1. The highest BCUT2D eigenvalue weighted by molar-refractivity contribution is 6.62. The van der Waals surface area contributed by atoms with Crippen molar-refractivity contribution in [2.24, 2.45) is 5.92 Å². The first-order chi connectivity index (χ1) is 6.24. The van der Waals surface area contributed by atoms with Gasteiger partial charge in [0.05, 0.1) is 0 Å². The van der Waals surface area contributed by atoms with Crippen molar-refractivity contribution in [1.29, 1.82) is 0 Å². The Morgan fingerprint density at radius 1 is 1.54 bits per heavy atom. The van der Waals surface area contributed by atoms with Gasteiger partial charge in [-0.1, -0.05) is 6.92 Å². The van der Waals surface area contributed by atoms with Crippen LogP contribution >= 0.6 is 11.6 Å². The average molecular weight is 205 g/mol. The van der Waals surface area contributed by atoms with E-state index >= 15 is 0 Å². The van der Waals surface area contributed by atoms with E-state index in [4.69, 9.17) is 11.6 Å². The minimum atomic E-state index is -0.304. The molecule has 0 saturated carbocycles. The van der Waals surface area contributed by atoms with Crippen LogP contribution in [0.3, 0.4) is 0 Å². The second-order valence-corrected chi connectivity index (χ2v) is 3.81. The third-order valence-electron chi connectivity index (χ3n) is 2.55. The zero-order valence-corrected chi connectivity index (χ0v) is 8.81. The van der Waals surface area contributed by atoms with Gasteiger partial charge in [0.1, 0.15) is 0 Å². The quantitative estimate of drug-likeness (QED) is 0.560. The van der Waals surface area contributed by atoms with Crippen molar-refractivity contribution < 1.29 is 4.79 Å². The molecule has 13 heavy (non-hydrogen) atoms. The number of likely N-dealkylation sites (tertiary alicyclic amines) is 1. The lowest BCUT2D eigenvalue weighted by atomic mass is 9.97. The maximum Gasteiger partial charge on any atom is 0.316 e. The van der Waals surface area contributed by atoms with E-state index in [9.17, 15) is 4.79 Å². The summed E-state index contributed by atoms with van der Waals surface area (Å²) in [7, 11) is 0. The summed E-state index contributed by atoms with van der Waals surface area (Å²) in [5, 5.41) is 3.02. The molecule has 0 aromatic rings. The summed E-state index contributed by atoms with van der Waals surface area (Å²) in [6.45, 7) is 5.84. The number of nitrogens with zero attached hydrogens (tertiary/aromatic N) is 1. The lowest BCUT2D eigenvalue weighted by Crippen LogP contribution is -2.38. The monoisotopic (exact) mass is 204 g/mol. The molecule has 76 valence electrons. The highest BCUT2D eigenvalue weighted by Gasteiger charge is 2.20. The van der Waals surface area contributed by atoms with Gasteiger partial charge < -0.3 is 10.2 Å². The first-order valence-corrected chi connectivity index (χ1v) is 5.27. The van der Waals surface area contributed by atoms with Gasteiger partial charge >= 0.3 is 5.37 Å². The van der Waals surface area contributed by atoms with Crippen LogP contribution in [0.5, 0.6) is 0 Å². The molecule has 3 nitrogen and oxygen atoms in total. The summed E-state index contributed by atoms with van der Waals surface area (Å²) >= 11 is 5.38. The Balaban J connectivity index is 2.18. The Labute approximate surface area is 84.4 Å². The molecule has 4 heteroatoms. The Kier molecular flexibility index (Phi) is 4.53. The molecule has 0 spiro atoms. The Morgan fingerprint density at radius 3 is 2.62 bits per heavy atom. The molecule has 0 aromatic carbocycles. The van der Waals surface area contributed by atoms with Crippen LogP contribution < -0.4 is 5.32 Å². The Morgan fingerprint density at radius 2 is 2.15 bits per heavy atom. The van der Waals surface area contributed by atoms with Gasteiger partial charge in [-0.2, -0.15) is 0 Å². The molecule has 0 radical (unpaired) electrons. The van der Waals surface area contributed by atoms with E-state index in [0.29, 0.717) is 5.92 Å². The molecular formula is C9H17ClN2O. The molecule has 1 amide bonds. The van der Waals surface area contributed by atoms with Crippen molar-refractivity contribution in [2.45, 2.75) is 19.8 Å². The van der Waals surface area contributed by atoms with Crippen LogP contribution in [0.4, 0.5) is 4.79 Å². The third-order valence-corrected chi connectivity index (χ3v) is 2.79. The number of nitrogens with one attached hydrogen (secondary N) is 1. The van der Waals surface area contributed by atoms with Gasteiger partial charge in [-0.15, -0.1) is 0 Å². The number of amides is 1. The van der Waals surface area contributed by atoms with Crippen LogP contribution in [0, 0.1) is 5.92 Å². The van der Waals surface area contributed by atoms with Gasteiger partial charge in [-0.05, 0) is 43.5 Å². The van der Waals surface area contributed by atoms with Gasteiger partial charge in [-0.25, -0.2) is 0 Å². The van der Waals surface area contributed by atoms with E-state index < -0.39 is 0 Å². The summed E-state index contributed by atoms with van der Waals surface area (Å²) in [5.74, 6) is 0.715. The molecule has 1 saturated heterocycles. The number of hydrogen-bond acceptors (Lipinski definition) is 2. The summed E-state index contributed by atoms with van der Waals surface area (Å²) in [6, 6.07) is 0. The van der Waals surface area contributed by atoms with Crippen LogP contribution in [0.15, 0.2) is 0 Å². The van der Waals surface area contributed by atoms with Crippen molar-refractivity contribution in [1.82, 2.24) is 10.2 Å². The predicted molar refractivity (Wildman–Crippen MR) is 54.1 cm³/mol. The molecule has 1 heterocycles. The van der Waals surface area contributed by atoms with Gasteiger partial charge in [0.25, 0.3) is 0 Å². The van der Waals surface area contributed by atoms with Gasteiger partial charge in [0.2, 0.25) is 0 Å². The van der Waals surface area contributed by atoms with Crippen molar-refractivity contribution >= 4 is 17.0 Å². The summed E-state index contributed by atoms with van der Waals surface area (Å²) in [5.41, 5.74) is 0. The van der Waals surface area contributed by atoms with Crippen molar-refractivity contribution in [3.8, 4) is 0 Å². The number of carbonyl (C=O) groups is 1. The Hall–Kier alpha value is -0.280. The predicted octanol–water partition coefficient (Wildman–Crippen LogP) is 1.67. The summed E-state index contributed by atoms with van der Waals surface area (Å²) in [6.07, 6.45) is 2.15. The van der Waals surface area contributed by atoms with E-state index in [1.54, 1.807) is 4.90 Å². The smallest absolute Gasteiger partial charge is 0.316 e. The van der Waals surface area contributed by atoms with E-state index in [0.717, 1.165) is 39.0 Å². The first-order valence-electron chi connectivity index (χ1n) is 4.89. The van der Waals surface area contributed by atoms with Crippen LogP contribution in [-0.4, -0.2) is 36.4 Å². The first kappa shape index (κ1) is 10.8. The highest BCUT2D eigenvalue weighted by Crippen LogP contribution is 2.17. The number of halogens is 1. The van der Waals surface area contributed by atoms with Crippen LogP contribution in [0.1, 0.15) is 19.8 Å². The molecule has 0 unspecified atom stereocenters. The molecule has 0 bridgehead atoms. The fourth-order valence-electron chi connectivity index (χ4n) is 1.66. The molecule has 0 aliphatic carbocycles. The van der Waals surface area contributed by atoms with Gasteiger partial charge in [-0.3, -0.25) is 4.79 Å². The SMILES string of the molecule is CCNCC1CCN(C(=O)Cl)CC1. The number of carbonyl (C=O) groups excluding carboxylic acids is 1. The summed E-state index contributed by atoms with van der Waals surface area (Å²) < 4.78 is 0. The van der Waals surface area contributed by atoms with Crippen molar-refractivity contribution in [3.05, 3.63) is 0 Å². The normalized spacial score (nSPS) is 19.1. The minimum absolute atomic E-state index is 0.304. The maximum atomic E-state index is 10.8. The fraction of sp³-hybridized carbons (Fsp3) is 0.889. The third kappa shape index (κ3) is 3.53. The number of rotatable bonds is 3. The molecule has 1 fully saturated rings. The minimum Gasteiger partial charge on any atom is -0.329 e. The van der Waals surface area contributed by atoms with Crippen molar-refractivity contribution in [3.63, 3.8) is 0 Å². The van der Waals surface area contributed by atoms with E-state index in [2.05, 4.69) is 12.2 Å². The van der Waals surface area contributed by atoms with Crippen LogP contribution in [-0.2, 0) is 0 Å². The summed E-state index contributed by atoms with van der Waals surface area (Å²) in [4.78, 5) is 12.5.